The van der Waals surface area contributed by atoms with Crippen LogP contribution in [0.25, 0.3) is 0 Å². The zero-order chi connectivity index (χ0) is 12.3. The molecule has 1 fully saturated rings. The molecule has 0 spiro atoms. The van der Waals surface area contributed by atoms with Crippen molar-refractivity contribution in [1.29, 1.82) is 0 Å². The number of carbonyl (C=O) groups is 2. The largest absolute Gasteiger partial charge is 0.342 e. The standard InChI is InChI=1S/C12H22N2O2/c1-5-6-7-14-8-9(15)13-10(11(14)16)12(2,3)4/h10H,5-8H2,1-4H3,(H,13,15). The predicted octanol–water partition coefficient (Wildman–Crippen LogP) is 1.16. The van der Waals surface area contributed by atoms with E-state index >= 15 is 0 Å². The van der Waals surface area contributed by atoms with Gasteiger partial charge in [0.2, 0.25) is 11.8 Å². The van der Waals surface area contributed by atoms with Gasteiger partial charge >= 0.3 is 0 Å². The number of carbonyl (C=O) groups excluding carboxylic acids is 2. The molecular weight excluding hydrogens is 204 g/mol. The molecule has 0 aromatic carbocycles. The summed E-state index contributed by atoms with van der Waals surface area (Å²) in [4.78, 5) is 25.3. The third-order valence-electron chi connectivity index (χ3n) is 2.85. The summed E-state index contributed by atoms with van der Waals surface area (Å²) in [6.07, 6.45) is 1.99. The van der Waals surface area contributed by atoms with Crippen LogP contribution in [0.1, 0.15) is 40.5 Å². The summed E-state index contributed by atoms with van der Waals surface area (Å²) >= 11 is 0. The van der Waals surface area contributed by atoms with Gasteiger partial charge in [-0.15, -0.1) is 0 Å². The Morgan fingerprint density at radius 3 is 2.50 bits per heavy atom. The normalized spacial score (nSPS) is 22.2. The second-order valence-corrected chi connectivity index (χ2v) is 5.48. The van der Waals surface area contributed by atoms with E-state index in [1.54, 1.807) is 4.90 Å². The van der Waals surface area contributed by atoms with Crippen LogP contribution in [-0.4, -0.2) is 35.8 Å². The summed E-state index contributed by atoms with van der Waals surface area (Å²) in [6.45, 7) is 8.90. The minimum atomic E-state index is -0.384. The minimum Gasteiger partial charge on any atom is -0.342 e. The molecule has 16 heavy (non-hydrogen) atoms. The molecule has 0 aromatic rings. The highest BCUT2D eigenvalue weighted by Gasteiger charge is 2.39. The lowest BCUT2D eigenvalue weighted by molar-refractivity contribution is -0.147. The highest BCUT2D eigenvalue weighted by Crippen LogP contribution is 2.23. The Morgan fingerprint density at radius 1 is 1.38 bits per heavy atom. The molecule has 1 aliphatic heterocycles. The predicted molar refractivity (Wildman–Crippen MR) is 62.9 cm³/mol. The van der Waals surface area contributed by atoms with E-state index in [0.29, 0.717) is 6.54 Å². The van der Waals surface area contributed by atoms with Crippen LogP contribution in [0.15, 0.2) is 0 Å². The molecule has 2 amide bonds. The third-order valence-corrected chi connectivity index (χ3v) is 2.85. The molecule has 0 aromatic heterocycles. The van der Waals surface area contributed by atoms with Crippen molar-refractivity contribution in [2.75, 3.05) is 13.1 Å². The Hall–Kier alpha value is -1.06. The maximum atomic E-state index is 12.1. The average molecular weight is 226 g/mol. The molecule has 1 heterocycles. The minimum absolute atomic E-state index is 0.0457. The molecular formula is C12H22N2O2. The molecule has 0 bridgehead atoms. The van der Waals surface area contributed by atoms with E-state index in [0.717, 1.165) is 12.8 Å². The number of amides is 2. The number of rotatable bonds is 3. The first-order chi connectivity index (χ1) is 7.36. The molecule has 1 rings (SSSR count). The second kappa shape index (κ2) is 4.85. The molecule has 0 radical (unpaired) electrons. The van der Waals surface area contributed by atoms with Crippen LogP contribution in [0.3, 0.4) is 0 Å². The lowest BCUT2D eigenvalue weighted by atomic mass is 9.85. The van der Waals surface area contributed by atoms with Gasteiger partial charge in [0, 0.05) is 6.54 Å². The van der Waals surface area contributed by atoms with E-state index in [9.17, 15) is 9.59 Å². The molecule has 0 aliphatic carbocycles. The maximum absolute atomic E-state index is 12.1. The van der Waals surface area contributed by atoms with Crippen molar-refractivity contribution in [2.24, 2.45) is 5.41 Å². The monoisotopic (exact) mass is 226 g/mol. The van der Waals surface area contributed by atoms with Gasteiger partial charge in [0.1, 0.15) is 6.04 Å². The number of nitrogens with one attached hydrogen (secondary N) is 1. The fourth-order valence-corrected chi connectivity index (χ4v) is 1.83. The van der Waals surface area contributed by atoms with Gasteiger partial charge in [-0.05, 0) is 11.8 Å². The van der Waals surface area contributed by atoms with Crippen molar-refractivity contribution in [1.82, 2.24) is 10.2 Å². The first kappa shape index (κ1) is 13.0. The number of hydrogen-bond donors (Lipinski definition) is 1. The molecule has 1 N–H and O–H groups in total. The van der Waals surface area contributed by atoms with Crippen molar-refractivity contribution >= 4 is 11.8 Å². The van der Waals surface area contributed by atoms with E-state index in [-0.39, 0.29) is 29.8 Å². The van der Waals surface area contributed by atoms with Gasteiger partial charge in [-0.1, -0.05) is 34.1 Å². The molecule has 1 aliphatic rings. The molecule has 1 atom stereocenters. The Labute approximate surface area is 97.4 Å². The summed E-state index contributed by atoms with van der Waals surface area (Å²) in [6, 6.07) is -0.384. The third kappa shape index (κ3) is 2.97. The quantitative estimate of drug-likeness (QED) is 0.785. The lowest BCUT2D eigenvalue weighted by Gasteiger charge is -2.38. The van der Waals surface area contributed by atoms with E-state index in [2.05, 4.69) is 12.2 Å². The molecule has 4 nitrogen and oxygen atoms in total. The topological polar surface area (TPSA) is 49.4 Å². The fourth-order valence-electron chi connectivity index (χ4n) is 1.83. The van der Waals surface area contributed by atoms with Crippen LogP contribution in [0.4, 0.5) is 0 Å². The van der Waals surface area contributed by atoms with Gasteiger partial charge in [-0.3, -0.25) is 9.59 Å². The molecule has 4 heteroatoms. The van der Waals surface area contributed by atoms with Crippen molar-refractivity contribution in [3.63, 3.8) is 0 Å². The van der Waals surface area contributed by atoms with Crippen LogP contribution in [0.5, 0.6) is 0 Å². The Kier molecular flexibility index (Phi) is 3.94. The van der Waals surface area contributed by atoms with E-state index < -0.39 is 0 Å². The summed E-state index contributed by atoms with van der Waals surface area (Å²) in [5.41, 5.74) is -0.225. The van der Waals surface area contributed by atoms with Crippen molar-refractivity contribution < 1.29 is 9.59 Å². The van der Waals surface area contributed by atoms with Crippen LogP contribution in [0, 0.1) is 5.41 Å². The van der Waals surface area contributed by atoms with Gasteiger partial charge in [-0.2, -0.15) is 0 Å². The second-order valence-electron chi connectivity index (χ2n) is 5.48. The smallest absolute Gasteiger partial charge is 0.246 e. The van der Waals surface area contributed by atoms with Gasteiger partial charge in [-0.25, -0.2) is 0 Å². The van der Waals surface area contributed by atoms with Crippen LogP contribution < -0.4 is 5.32 Å². The SMILES string of the molecule is CCCCN1CC(=O)NC(C(C)(C)C)C1=O. The van der Waals surface area contributed by atoms with Gasteiger partial charge in [0.05, 0.1) is 6.54 Å². The van der Waals surface area contributed by atoms with E-state index in [1.165, 1.54) is 0 Å². The molecule has 0 saturated carbocycles. The van der Waals surface area contributed by atoms with Crippen LogP contribution in [-0.2, 0) is 9.59 Å². The van der Waals surface area contributed by atoms with E-state index in [4.69, 9.17) is 0 Å². The molecule has 1 saturated heterocycles. The van der Waals surface area contributed by atoms with Gasteiger partial charge in [0.25, 0.3) is 0 Å². The first-order valence-corrected chi connectivity index (χ1v) is 5.94. The zero-order valence-electron chi connectivity index (χ0n) is 10.7. The number of unbranched alkanes of at least 4 members (excludes halogenated alkanes) is 1. The van der Waals surface area contributed by atoms with Crippen molar-refractivity contribution in [3.05, 3.63) is 0 Å². The van der Waals surface area contributed by atoms with Crippen LogP contribution >= 0.6 is 0 Å². The highest BCUT2D eigenvalue weighted by molar-refractivity contribution is 5.95. The number of hydrogen-bond acceptors (Lipinski definition) is 2. The Balaban J connectivity index is 2.74. The highest BCUT2D eigenvalue weighted by atomic mass is 16.2. The van der Waals surface area contributed by atoms with Crippen LogP contribution in [0.2, 0.25) is 0 Å². The Bertz CT molecular complexity index is 281. The summed E-state index contributed by atoms with van der Waals surface area (Å²) in [7, 11) is 0. The maximum Gasteiger partial charge on any atom is 0.246 e. The van der Waals surface area contributed by atoms with Crippen molar-refractivity contribution in [3.8, 4) is 0 Å². The van der Waals surface area contributed by atoms with Crippen molar-refractivity contribution in [2.45, 2.75) is 46.6 Å². The molecule has 1 unspecified atom stereocenters. The van der Waals surface area contributed by atoms with E-state index in [1.807, 2.05) is 20.8 Å². The van der Waals surface area contributed by atoms with Gasteiger partial charge in [0.15, 0.2) is 0 Å². The zero-order valence-corrected chi connectivity index (χ0v) is 10.7. The van der Waals surface area contributed by atoms with Gasteiger partial charge < -0.3 is 10.2 Å². The summed E-state index contributed by atoms with van der Waals surface area (Å²) < 4.78 is 0. The average Bonchev–Trinajstić information content (AvgIpc) is 2.17. The number of piperazine rings is 1. The molecule has 92 valence electrons. The first-order valence-electron chi connectivity index (χ1n) is 5.94. The number of nitrogens with zero attached hydrogens (tertiary/aromatic N) is 1. The summed E-state index contributed by atoms with van der Waals surface area (Å²) in [5.74, 6) is 0.0104. The summed E-state index contributed by atoms with van der Waals surface area (Å²) in [5, 5.41) is 2.78. The fraction of sp³-hybridized carbons (Fsp3) is 0.833. The lowest BCUT2D eigenvalue weighted by Crippen LogP contribution is -2.62. The Morgan fingerprint density at radius 2 is 2.00 bits per heavy atom.